The number of hydrogen-bond acceptors (Lipinski definition) is 5. The maximum absolute atomic E-state index is 13.4. The summed E-state index contributed by atoms with van der Waals surface area (Å²) in [4.78, 5) is 18.0. The summed E-state index contributed by atoms with van der Waals surface area (Å²) >= 11 is 7.67. The number of amides is 1. The number of thioether (sulfide) groups is 1. The Morgan fingerprint density at radius 2 is 1.93 bits per heavy atom. The Kier molecular flexibility index (Phi) is 5.83. The monoisotopic (exact) mass is 439 g/mol. The number of fused-ring (bicyclic) bond motifs is 1. The van der Waals surface area contributed by atoms with Crippen LogP contribution in [-0.2, 0) is 4.79 Å². The van der Waals surface area contributed by atoms with Crippen molar-refractivity contribution < 1.29 is 4.79 Å². The zero-order chi connectivity index (χ0) is 21.3. The highest BCUT2D eigenvalue weighted by Gasteiger charge is 2.34. The molecule has 0 bridgehead atoms. The van der Waals surface area contributed by atoms with E-state index in [1.165, 1.54) is 0 Å². The second-order valence-electron chi connectivity index (χ2n) is 6.98. The van der Waals surface area contributed by atoms with Crippen LogP contribution in [0.1, 0.15) is 31.0 Å². The standard InChI is InChI=1S/C22H22ClN5OS/c1-4-30-22-26-21-24-14(3)18(20(29)25-17-8-6-5-7-13(17)2)19(28(21)27-22)15-9-11-16(23)12-10-15/h5-12,19H,4H2,1-3H3,(H,25,29)(H,24,26,27)/t19-/m0/s1. The van der Waals surface area contributed by atoms with Crippen molar-refractivity contribution in [2.45, 2.75) is 32.0 Å². The predicted molar refractivity (Wildman–Crippen MR) is 122 cm³/mol. The summed E-state index contributed by atoms with van der Waals surface area (Å²) < 4.78 is 1.78. The molecular formula is C22H22ClN5OS. The molecule has 0 saturated heterocycles. The molecule has 0 unspecified atom stereocenters. The third-order valence-electron chi connectivity index (χ3n) is 4.93. The molecule has 0 spiro atoms. The van der Waals surface area contributed by atoms with Crippen LogP contribution in [0.3, 0.4) is 0 Å². The van der Waals surface area contributed by atoms with Crippen LogP contribution in [0.4, 0.5) is 11.6 Å². The molecule has 8 heteroatoms. The lowest BCUT2D eigenvalue weighted by molar-refractivity contribution is -0.113. The number of nitrogens with zero attached hydrogens (tertiary/aromatic N) is 3. The molecule has 1 amide bonds. The highest BCUT2D eigenvalue weighted by molar-refractivity contribution is 7.99. The van der Waals surface area contributed by atoms with Gasteiger partial charge in [0.2, 0.25) is 11.1 Å². The number of anilines is 2. The summed E-state index contributed by atoms with van der Waals surface area (Å²) in [5.74, 6) is 1.30. The minimum absolute atomic E-state index is 0.180. The number of para-hydroxylation sites is 1. The van der Waals surface area contributed by atoms with Gasteiger partial charge in [-0.1, -0.05) is 60.6 Å². The van der Waals surface area contributed by atoms with E-state index >= 15 is 0 Å². The number of allylic oxidation sites excluding steroid dienone is 1. The van der Waals surface area contributed by atoms with Gasteiger partial charge in [-0.2, -0.15) is 4.98 Å². The number of benzene rings is 2. The molecule has 0 aliphatic carbocycles. The topological polar surface area (TPSA) is 71.8 Å². The number of aromatic nitrogens is 3. The van der Waals surface area contributed by atoms with Crippen molar-refractivity contribution in [3.05, 3.63) is 76.0 Å². The molecule has 6 nitrogen and oxygen atoms in total. The molecule has 0 saturated carbocycles. The van der Waals surface area contributed by atoms with Crippen LogP contribution >= 0.6 is 23.4 Å². The average Bonchev–Trinajstić information content (AvgIpc) is 3.11. The molecule has 1 atom stereocenters. The maximum atomic E-state index is 13.4. The Morgan fingerprint density at radius 1 is 1.20 bits per heavy atom. The molecule has 2 aromatic carbocycles. The first-order valence-electron chi connectivity index (χ1n) is 9.67. The summed E-state index contributed by atoms with van der Waals surface area (Å²) in [5, 5.41) is 12.3. The average molecular weight is 440 g/mol. The first-order chi connectivity index (χ1) is 14.5. The van der Waals surface area contributed by atoms with E-state index in [4.69, 9.17) is 11.6 Å². The largest absolute Gasteiger partial charge is 0.328 e. The van der Waals surface area contributed by atoms with Crippen molar-refractivity contribution in [1.29, 1.82) is 0 Å². The molecule has 4 rings (SSSR count). The highest BCUT2D eigenvalue weighted by Crippen LogP contribution is 2.37. The zero-order valence-electron chi connectivity index (χ0n) is 16.9. The second kappa shape index (κ2) is 8.53. The minimum atomic E-state index is -0.416. The predicted octanol–water partition coefficient (Wildman–Crippen LogP) is 5.28. The van der Waals surface area contributed by atoms with Crippen molar-refractivity contribution in [3.8, 4) is 0 Å². The van der Waals surface area contributed by atoms with E-state index in [1.54, 1.807) is 16.4 Å². The summed E-state index contributed by atoms with van der Waals surface area (Å²) in [6.07, 6.45) is 0. The second-order valence-corrected chi connectivity index (χ2v) is 8.65. The van der Waals surface area contributed by atoms with E-state index in [-0.39, 0.29) is 5.91 Å². The Bertz CT molecular complexity index is 1120. The molecule has 2 N–H and O–H groups in total. The third-order valence-corrected chi connectivity index (χ3v) is 5.90. The van der Waals surface area contributed by atoms with Crippen molar-refractivity contribution in [1.82, 2.24) is 14.8 Å². The Hall–Kier alpha value is -2.77. The molecule has 3 aromatic rings. The summed E-state index contributed by atoms with van der Waals surface area (Å²) in [6.45, 7) is 5.91. The fourth-order valence-corrected chi connectivity index (χ4v) is 4.15. The van der Waals surface area contributed by atoms with Crippen molar-refractivity contribution in [2.24, 2.45) is 0 Å². The lowest BCUT2D eigenvalue weighted by Gasteiger charge is -2.28. The number of hydrogen-bond donors (Lipinski definition) is 2. The van der Waals surface area contributed by atoms with Gasteiger partial charge in [-0.3, -0.25) is 4.79 Å². The Morgan fingerprint density at radius 3 is 2.63 bits per heavy atom. The zero-order valence-corrected chi connectivity index (χ0v) is 18.5. The maximum Gasteiger partial charge on any atom is 0.255 e. The van der Waals surface area contributed by atoms with E-state index in [0.29, 0.717) is 21.7 Å². The first-order valence-corrected chi connectivity index (χ1v) is 11.0. The van der Waals surface area contributed by atoms with Gasteiger partial charge in [-0.05, 0) is 48.9 Å². The number of rotatable bonds is 5. The molecular weight excluding hydrogens is 418 g/mol. The number of nitrogens with one attached hydrogen (secondary N) is 2. The Labute approximate surface area is 184 Å². The molecule has 1 aromatic heterocycles. The lowest BCUT2D eigenvalue weighted by atomic mass is 9.95. The summed E-state index contributed by atoms with van der Waals surface area (Å²) in [6, 6.07) is 14.8. The summed E-state index contributed by atoms with van der Waals surface area (Å²) in [5.41, 5.74) is 4.03. The summed E-state index contributed by atoms with van der Waals surface area (Å²) in [7, 11) is 0. The van der Waals surface area contributed by atoms with Crippen molar-refractivity contribution >= 4 is 40.9 Å². The Balaban J connectivity index is 1.78. The van der Waals surface area contributed by atoms with Crippen molar-refractivity contribution in [2.75, 3.05) is 16.4 Å². The van der Waals surface area contributed by atoms with Crippen LogP contribution in [0.25, 0.3) is 0 Å². The van der Waals surface area contributed by atoms with Crippen LogP contribution < -0.4 is 10.6 Å². The fraction of sp³-hybridized carbons (Fsp3) is 0.227. The van der Waals surface area contributed by atoms with Gasteiger partial charge in [0.25, 0.3) is 5.91 Å². The van der Waals surface area contributed by atoms with Crippen LogP contribution in [-0.4, -0.2) is 26.4 Å². The quantitative estimate of drug-likeness (QED) is 0.529. The molecule has 0 radical (unpaired) electrons. The number of carbonyl (C=O) groups excluding carboxylic acids is 1. The van der Waals surface area contributed by atoms with Gasteiger partial charge in [0, 0.05) is 16.4 Å². The van der Waals surface area contributed by atoms with Crippen LogP contribution in [0.15, 0.2) is 65.0 Å². The van der Waals surface area contributed by atoms with Gasteiger partial charge in [-0.25, -0.2) is 4.68 Å². The fourth-order valence-electron chi connectivity index (χ4n) is 3.47. The number of halogens is 1. The number of aryl methyl sites for hydroxylation is 1. The smallest absolute Gasteiger partial charge is 0.255 e. The van der Waals surface area contributed by atoms with Gasteiger partial charge in [0.15, 0.2) is 0 Å². The highest BCUT2D eigenvalue weighted by atomic mass is 35.5. The van der Waals surface area contributed by atoms with Gasteiger partial charge in [0.1, 0.15) is 6.04 Å². The number of carbonyl (C=O) groups is 1. The molecule has 154 valence electrons. The van der Waals surface area contributed by atoms with Gasteiger partial charge in [-0.15, -0.1) is 5.10 Å². The van der Waals surface area contributed by atoms with E-state index in [1.807, 2.05) is 62.4 Å². The van der Waals surface area contributed by atoms with E-state index in [0.717, 1.165) is 28.3 Å². The minimum Gasteiger partial charge on any atom is -0.328 e. The van der Waals surface area contributed by atoms with Crippen LogP contribution in [0, 0.1) is 6.92 Å². The SMILES string of the molecule is CCSc1nc2n(n1)[C@@H](c1ccc(Cl)cc1)C(C(=O)Nc1ccccc1C)=C(C)N2. The van der Waals surface area contributed by atoms with Crippen LogP contribution in [0.5, 0.6) is 0 Å². The molecule has 0 fully saturated rings. The third kappa shape index (κ3) is 3.95. The van der Waals surface area contributed by atoms with E-state index in [9.17, 15) is 4.79 Å². The molecule has 1 aliphatic heterocycles. The lowest BCUT2D eigenvalue weighted by Crippen LogP contribution is -2.31. The van der Waals surface area contributed by atoms with E-state index < -0.39 is 6.04 Å². The normalized spacial score (nSPS) is 15.5. The van der Waals surface area contributed by atoms with Gasteiger partial charge < -0.3 is 10.6 Å². The van der Waals surface area contributed by atoms with Gasteiger partial charge in [0.05, 0.1) is 5.57 Å². The molecule has 1 aliphatic rings. The molecule has 2 heterocycles. The first kappa shape index (κ1) is 20.5. The van der Waals surface area contributed by atoms with Crippen LogP contribution in [0.2, 0.25) is 5.02 Å². The molecule has 30 heavy (non-hydrogen) atoms. The van der Waals surface area contributed by atoms with E-state index in [2.05, 4.69) is 27.6 Å². The van der Waals surface area contributed by atoms with Gasteiger partial charge >= 0.3 is 0 Å². The van der Waals surface area contributed by atoms with Crippen molar-refractivity contribution in [3.63, 3.8) is 0 Å².